The van der Waals surface area contributed by atoms with E-state index >= 15 is 0 Å². The van der Waals surface area contributed by atoms with Crippen molar-refractivity contribution in [3.05, 3.63) is 36.4 Å². The minimum absolute atomic E-state index is 0.535. The minimum Gasteiger partial charge on any atom is -0.494 e. The van der Waals surface area contributed by atoms with E-state index in [0.29, 0.717) is 11.4 Å². The van der Waals surface area contributed by atoms with Crippen LogP contribution in [0, 0.1) is 6.92 Å². The number of ether oxygens (including phenoxy) is 1. The van der Waals surface area contributed by atoms with Crippen LogP contribution < -0.4 is 14.8 Å². The summed E-state index contributed by atoms with van der Waals surface area (Å²) in [5.74, 6) is 0.593. The molecule has 100 valence electrons. The van der Waals surface area contributed by atoms with Crippen LogP contribution in [0.4, 0.5) is 10.5 Å². The largest absolute Gasteiger partial charge is 0.494 e. The summed E-state index contributed by atoms with van der Waals surface area (Å²) in [6.07, 6.45) is 3.57. The first-order chi connectivity index (χ1) is 9.02. The van der Waals surface area contributed by atoms with Crippen molar-refractivity contribution in [2.75, 3.05) is 11.4 Å². The van der Waals surface area contributed by atoms with Gasteiger partial charge in [0.15, 0.2) is 0 Å². The van der Waals surface area contributed by atoms with Crippen LogP contribution in [-0.2, 0) is 0 Å². The number of thiol groups is 1. The topological polar surface area (TPSA) is 73.4 Å². The van der Waals surface area contributed by atoms with E-state index in [1.807, 2.05) is 17.7 Å². The Balaban J connectivity index is 2.45. The normalized spacial score (nSPS) is 10.3. The zero-order valence-corrected chi connectivity index (χ0v) is 11.5. The first kappa shape index (κ1) is 13.3. The van der Waals surface area contributed by atoms with Crippen molar-refractivity contribution in [2.45, 2.75) is 6.92 Å². The van der Waals surface area contributed by atoms with Gasteiger partial charge in [-0.1, -0.05) is 12.8 Å². The molecule has 0 aliphatic carbocycles. The van der Waals surface area contributed by atoms with Gasteiger partial charge in [-0.05, 0) is 19.1 Å². The number of hydrogen-bond acceptors (Lipinski definition) is 4. The predicted octanol–water partition coefficient (Wildman–Crippen LogP) is 1.92. The number of amides is 2. The van der Waals surface area contributed by atoms with Crippen LogP contribution in [0.5, 0.6) is 5.75 Å². The van der Waals surface area contributed by atoms with Crippen LogP contribution in [0.15, 0.2) is 30.7 Å². The SMILES string of the molecule is COc1cc(N(S)C(N)=O)ccc1-n1cnc(C)c1. The summed E-state index contributed by atoms with van der Waals surface area (Å²) in [5, 5.41) is 0. The summed E-state index contributed by atoms with van der Waals surface area (Å²) in [4.78, 5) is 15.2. The number of hydrogen-bond donors (Lipinski definition) is 2. The minimum atomic E-state index is -0.656. The van der Waals surface area contributed by atoms with E-state index < -0.39 is 6.03 Å². The lowest BCUT2D eigenvalue weighted by atomic mass is 10.2. The second-order valence-corrected chi connectivity index (χ2v) is 4.33. The van der Waals surface area contributed by atoms with Crippen molar-refractivity contribution in [1.29, 1.82) is 0 Å². The predicted molar refractivity (Wildman–Crippen MR) is 75.9 cm³/mol. The van der Waals surface area contributed by atoms with E-state index in [1.54, 1.807) is 31.6 Å². The lowest BCUT2D eigenvalue weighted by Gasteiger charge is -2.16. The van der Waals surface area contributed by atoms with Crippen LogP contribution in [0.1, 0.15) is 5.69 Å². The van der Waals surface area contributed by atoms with Crippen molar-refractivity contribution in [3.8, 4) is 11.4 Å². The van der Waals surface area contributed by atoms with E-state index in [0.717, 1.165) is 15.7 Å². The number of nitrogens with two attached hydrogens (primary N) is 1. The second-order valence-electron chi connectivity index (χ2n) is 3.93. The number of carbonyl (C=O) groups is 1. The number of benzene rings is 1. The molecule has 1 aromatic carbocycles. The molecule has 6 nitrogen and oxygen atoms in total. The number of urea groups is 1. The van der Waals surface area contributed by atoms with Crippen molar-refractivity contribution < 1.29 is 9.53 Å². The molecule has 2 aromatic rings. The molecular weight excluding hydrogens is 264 g/mol. The lowest BCUT2D eigenvalue weighted by Crippen LogP contribution is -2.27. The fourth-order valence-corrected chi connectivity index (χ4v) is 1.82. The van der Waals surface area contributed by atoms with Crippen LogP contribution in [0.3, 0.4) is 0 Å². The standard InChI is InChI=1S/C12H14N4O2S/c1-8-6-15(7-14-8)10-4-3-9(5-11(10)18-2)16(19)12(13)17/h3-7,19H,1-2H3,(H2,13,17). The Bertz CT molecular complexity index is 612. The number of rotatable bonds is 3. The highest BCUT2D eigenvalue weighted by molar-refractivity contribution is 7.82. The summed E-state index contributed by atoms with van der Waals surface area (Å²) < 4.78 is 8.20. The average Bonchev–Trinajstić information content (AvgIpc) is 2.83. The summed E-state index contributed by atoms with van der Waals surface area (Å²) in [6.45, 7) is 1.90. The summed E-state index contributed by atoms with van der Waals surface area (Å²) >= 11 is 4.01. The molecule has 0 radical (unpaired) electrons. The highest BCUT2D eigenvalue weighted by Gasteiger charge is 2.12. The van der Waals surface area contributed by atoms with Gasteiger partial charge >= 0.3 is 6.03 Å². The van der Waals surface area contributed by atoms with Gasteiger partial charge in [0.1, 0.15) is 5.75 Å². The smallest absolute Gasteiger partial charge is 0.329 e. The maximum atomic E-state index is 11.1. The summed E-state index contributed by atoms with van der Waals surface area (Å²) in [5.41, 5.74) is 7.42. The van der Waals surface area contributed by atoms with E-state index in [4.69, 9.17) is 10.5 Å². The number of methoxy groups -OCH3 is 1. The Morgan fingerprint density at radius 1 is 1.53 bits per heavy atom. The van der Waals surface area contributed by atoms with Gasteiger partial charge in [-0.25, -0.2) is 14.1 Å². The molecule has 0 saturated carbocycles. The fourth-order valence-electron chi connectivity index (χ4n) is 1.69. The molecule has 0 aliphatic heterocycles. The third kappa shape index (κ3) is 2.65. The zero-order valence-electron chi connectivity index (χ0n) is 10.6. The van der Waals surface area contributed by atoms with Gasteiger partial charge in [-0.3, -0.25) is 0 Å². The van der Waals surface area contributed by atoms with Crippen molar-refractivity contribution in [3.63, 3.8) is 0 Å². The number of aromatic nitrogens is 2. The van der Waals surface area contributed by atoms with Gasteiger partial charge in [0.25, 0.3) is 0 Å². The van der Waals surface area contributed by atoms with Crippen LogP contribution in [-0.4, -0.2) is 22.7 Å². The van der Waals surface area contributed by atoms with E-state index in [2.05, 4.69) is 17.8 Å². The number of primary amides is 1. The maximum Gasteiger partial charge on any atom is 0.329 e. The molecule has 0 unspecified atom stereocenters. The zero-order chi connectivity index (χ0) is 14.0. The lowest BCUT2D eigenvalue weighted by molar-refractivity contribution is 0.257. The molecule has 19 heavy (non-hydrogen) atoms. The quantitative estimate of drug-likeness (QED) is 0.842. The molecule has 2 N–H and O–H groups in total. The number of aryl methyl sites for hydroxylation is 1. The first-order valence-electron chi connectivity index (χ1n) is 5.50. The number of anilines is 1. The van der Waals surface area contributed by atoms with Crippen molar-refractivity contribution in [1.82, 2.24) is 9.55 Å². The third-order valence-corrected chi connectivity index (χ3v) is 3.03. The molecule has 0 aliphatic rings. The number of imidazole rings is 1. The van der Waals surface area contributed by atoms with E-state index in [9.17, 15) is 4.79 Å². The Morgan fingerprint density at radius 2 is 2.26 bits per heavy atom. The molecule has 1 heterocycles. The molecule has 0 bridgehead atoms. The molecule has 1 aromatic heterocycles. The second kappa shape index (κ2) is 5.23. The van der Waals surface area contributed by atoms with Crippen LogP contribution >= 0.6 is 12.8 Å². The highest BCUT2D eigenvalue weighted by Crippen LogP contribution is 2.29. The molecule has 0 atom stereocenters. The molecular formula is C12H14N4O2S. The highest BCUT2D eigenvalue weighted by atomic mass is 32.1. The monoisotopic (exact) mass is 278 g/mol. The Morgan fingerprint density at radius 3 is 2.79 bits per heavy atom. The van der Waals surface area contributed by atoms with Crippen LogP contribution in [0.25, 0.3) is 5.69 Å². The van der Waals surface area contributed by atoms with Gasteiger partial charge < -0.3 is 15.0 Å². The number of nitrogens with zero attached hydrogens (tertiary/aromatic N) is 3. The number of carbonyl (C=O) groups excluding carboxylic acids is 1. The van der Waals surface area contributed by atoms with Crippen molar-refractivity contribution >= 4 is 24.5 Å². The van der Waals surface area contributed by atoms with Gasteiger partial charge in [0.2, 0.25) is 0 Å². The Labute approximate surface area is 116 Å². The van der Waals surface area contributed by atoms with Gasteiger partial charge in [-0.2, -0.15) is 0 Å². The summed E-state index contributed by atoms with van der Waals surface area (Å²) in [6, 6.07) is 4.56. The Hall–Kier alpha value is -2.15. The van der Waals surface area contributed by atoms with Gasteiger partial charge in [-0.15, -0.1) is 0 Å². The Kier molecular flexibility index (Phi) is 3.66. The maximum absolute atomic E-state index is 11.1. The fraction of sp³-hybridized carbons (Fsp3) is 0.167. The van der Waals surface area contributed by atoms with E-state index in [-0.39, 0.29) is 0 Å². The molecule has 2 amide bonds. The van der Waals surface area contributed by atoms with E-state index in [1.165, 1.54) is 0 Å². The molecule has 2 rings (SSSR count). The third-order valence-electron chi connectivity index (χ3n) is 2.61. The van der Waals surface area contributed by atoms with Gasteiger partial charge in [0.05, 0.1) is 30.5 Å². The van der Waals surface area contributed by atoms with Gasteiger partial charge in [0, 0.05) is 12.3 Å². The average molecular weight is 278 g/mol. The summed E-state index contributed by atoms with van der Waals surface area (Å²) in [7, 11) is 1.56. The molecule has 0 fully saturated rings. The molecule has 7 heteroatoms. The molecule has 0 saturated heterocycles. The first-order valence-corrected chi connectivity index (χ1v) is 5.90. The van der Waals surface area contributed by atoms with Crippen molar-refractivity contribution in [2.24, 2.45) is 5.73 Å². The van der Waals surface area contributed by atoms with Crippen LogP contribution in [0.2, 0.25) is 0 Å². The molecule has 0 spiro atoms.